The third-order valence-corrected chi connectivity index (χ3v) is 6.81. The molecule has 4 N–H and O–H groups in total. The van der Waals surface area contributed by atoms with Gasteiger partial charge in [0.05, 0.1) is 5.56 Å². The van der Waals surface area contributed by atoms with Crippen molar-refractivity contribution in [3.63, 3.8) is 0 Å². The normalized spacial score (nSPS) is 19.6. The molecule has 1 aromatic carbocycles. The first kappa shape index (κ1) is 20.6. The molecule has 0 saturated carbocycles. The Labute approximate surface area is 174 Å². The number of likely N-dealkylation sites (tertiary alicyclic amines) is 1. The highest BCUT2D eigenvalue weighted by atomic mass is 35.5. The first-order chi connectivity index (χ1) is 13.3. The summed E-state index contributed by atoms with van der Waals surface area (Å²) in [5.74, 6) is -0.532. The molecule has 0 spiro atoms. The highest BCUT2D eigenvalue weighted by Gasteiger charge is 2.34. The van der Waals surface area contributed by atoms with Crippen LogP contribution in [0.15, 0.2) is 24.3 Å². The lowest BCUT2D eigenvalue weighted by Gasteiger charge is -2.26. The van der Waals surface area contributed by atoms with Crippen LogP contribution in [0.25, 0.3) is 0 Å². The van der Waals surface area contributed by atoms with Crippen molar-refractivity contribution in [3.8, 4) is 0 Å². The Morgan fingerprint density at radius 3 is 2.54 bits per heavy atom. The van der Waals surface area contributed by atoms with Gasteiger partial charge < -0.3 is 11.1 Å². The van der Waals surface area contributed by atoms with Gasteiger partial charge in [0.1, 0.15) is 5.00 Å². The molecule has 2 heterocycles. The van der Waals surface area contributed by atoms with Gasteiger partial charge in [-0.05, 0) is 63.1 Å². The van der Waals surface area contributed by atoms with Crippen LogP contribution < -0.4 is 16.4 Å². The molecule has 150 valence electrons. The van der Waals surface area contributed by atoms with E-state index < -0.39 is 11.9 Å². The molecule has 3 rings (SSSR count). The summed E-state index contributed by atoms with van der Waals surface area (Å²) in [6.07, 6.45) is 2.15. The third kappa shape index (κ3) is 4.16. The number of urea groups is 1. The van der Waals surface area contributed by atoms with Crippen LogP contribution in [0.4, 0.5) is 15.5 Å². The molecule has 1 aliphatic heterocycles. The van der Waals surface area contributed by atoms with Crippen LogP contribution in [0, 0.1) is 6.92 Å². The summed E-state index contributed by atoms with van der Waals surface area (Å²) < 4.78 is 0. The summed E-state index contributed by atoms with van der Waals surface area (Å²) >= 11 is 7.31. The summed E-state index contributed by atoms with van der Waals surface area (Å²) in [7, 11) is 0. The lowest BCUT2D eigenvalue weighted by atomic mass is 10.1. The number of primary amides is 1. The van der Waals surface area contributed by atoms with E-state index in [-0.39, 0.29) is 6.04 Å². The summed E-state index contributed by atoms with van der Waals surface area (Å²) in [5, 5.41) is 6.62. The highest BCUT2D eigenvalue weighted by molar-refractivity contribution is 7.17. The predicted molar refractivity (Wildman–Crippen MR) is 115 cm³/mol. The van der Waals surface area contributed by atoms with Crippen LogP contribution in [-0.4, -0.2) is 29.4 Å². The van der Waals surface area contributed by atoms with Gasteiger partial charge in [0.15, 0.2) is 0 Å². The Kier molecular flexibility index (Phi) is 6.27. The van der Waals surface area contributed by atoms with Gasteiger partial charge >= 0.3 is 6.03 Å². The quantitative estimate of drug-likeness (QED) is 0.636. The molecule has 0 radical (unpaired) electrons. The van der Waals surface area contributed by atoms with E-state index in [1.165, 1.54) is 11.3 Å². The lowest BCUT2D eigenvalue weighted by Crippen LogP contribution is -2.29. The van der Waals surface area contributed by atoms with Crippen LogP contribution in [-0.2, 0) is 0 Å². The largest absolute Gasteiger partial charge is 0.365 e. The van der Waals surface area contributed by atoms with Crippen molar-refractivity contribution in [1.82, 2.24) is 4.90 Å². The molecule has 0 bridgehead atoms. The first-order valence-corrected chi connectivity index (χ1v) is 10.5. The van der Waals surface area contributed by atoms with Crippen LogP contribution in [0.1, 0.15) is 53.5 Å². The van der Waals surface area contributed by atoms with Crippen molar-refractivity contribution in [2.45, 2.75) is 45.7 Å². The second-order valence-corrected chi connectivity index (χ2v) is 8.51. The van der Waals surface area contributed by atoms with Crippen molar-refractivity contribution >= 4 is 45.6 Å². The Hall–Kier alpha value is -2.09. The molecule has 2 atom stereocenters. The number of benzene rings is 1. The number of carbonyl (C=O) groups excluding carboxylic acids is 2. The van der Waals surface area contributed by atoms with E-state index >= 15 is 0 Å². The number of anilines is 2. The minimum atomic E-state index is -0.532. The number of thiophene rings is 1. The summed E-state index contributed by atoms with van der Waals surface area (Å²) in [6, 6.07) is 7.13. The number of hydrogen-bond acceptors (Lipinski definition) is 4. The maximum absolute atomic E-state index is 12.4. The Morgan fingerprint density at radius 1 is 1.25 bits per heavy atom. The fraction of sp³-hybridized carbons (Fsp3) is 0.400. The maximum Gasteiger partial charge on any atom is 0.324 e. The van der Waals surface area contributed by atoms with E-state index in [0.29, 0.717) is 27.3 Å². The number of nitrogens with one attached hydrogen (secondary N) is 2. The fourth-order valence-electron chi connectivity index (χ4n) is 3.88. The van der Waals surface area contributed by atoms with Gasteiger partial charge in [0, 0.05) is 27.7 Å². The van der Waals surface area contributed by atoms with Gasteiger partial charge in [0.2, 0.25) is 0 Å². The van der Waals surface area contributed by atoms with Gasteiger partial charge in [-0.2, -0.15) is 0 Å². The zero-order valence-electron chi connectivity index (χ0n) is 16.2. The maximum atomic E-state index is 12.4. The number of nitrogens with two attached hydrogens (primary N) is 1. The van der Waals surface area contributed by atoms with E-state index in [0.717, 1.165) is 29.8 Å². The second kappa shape index (κ2) is 8.51. The fourth-order valence-corrected chi connectivity index (χ4v) is 5.37. The molecule has 1 fully saturated rings. The first-order valence-electron chi connectivity index (χ1n) is 9.34. The SMILES string of the molecule is CCN1C(C)CCC1c1sc(NC(=O)Nc2ccc(Cl)cc2)c(C(N)=O)c1C. The number of hydrogen-bond donors (Lipinski definition) is 3. The minimum Gasteiger partial charge on any atom is -0.365 e. The standard InChI is InChI=1S/C20H25ClN4O2S/c1-4-25-11(2)5-10-15(25)17-12(3)16(18(22)26)19(28-17)24-20(27)23-14-8-6-13(21)7-9-14/h6-9,11,15H,4-5,10H2,1-3H3,(H2,22,26)(H2,23,24,27). The number of halogens is 1. The number of amides is 3. The smallest absolute Gasteiger partial charge is 0.324 e. The molecule has 28 heavy (non-hydrogen) atoms. The van der Waals surface area contributed by atoms with Gasteiger partial charge in [-0.25, -0.2) is 4.79 Å². The second-order valence-electron chi connectivity index (χ2n) is 7.02. The monoisotopic (exact) mass is 420 g/mol. The van der Waals surface area contributed by atoms with Crippen molar-refractivity contribution in [2.75, 3.05) is 17.2 Å². The van der Waals surface area contributed by atoms with Gasteiger partial charge in [-0.1, -0.05) is 18.5 Å². The van der Waals surface area contributed by atoms with Crippen molar-refractivity contribution < 1.29 is 9.59 Å². The van der Waals surface area contributed by atoms with Crippen LogP contribution in [0.2, 0.25) is 5.02 Å². The Bertz CT molecular complexity index is 881. The Balaban J connectivity index is 1.85. The molecule has 0 aliphatic carbocycles. The highest BCUT2D eigenvalue weighted by Crippen LogP contribution is 2.44. The van der Waals surface area contributed by atoms with Gasteiger partial charge in [0.25, 0.3) is 5.91 Å². The van der Waals surface area contributed by atoms with Crippen molar-refractivity contribution in [3.05, 3.63) is 45.3 Å². The molecular weight excluding hydrogens is 396 g/mol. The minimum absolute atomic E-state index is 0.248. The van der Waals surface area contributed by atoms with Crippen molar-refractivity contribution in [1.29, 1.82) is 0 Å². The van der Waals surface area contributed by atoms with Crippen LogP contribution in [0.5, 0.6) is 0 Å². The average Bonchev–Trinajstić information content (AvgIpc) is 3.16. The average molecular weight is 421 g/mol. The molecular formula is C20H25ClN4O2S. The van der Waals surface area contributed by atoms with E-state index in [1.807, 2.05) is 6.92 Å². The molecule has 1 aliphatic rings. The number of rotatable bonds is 5. The summed E-state index contributed by atoms with van der Waals surface area (Å²) in [6.45, 7) is 7.21. The van der Waals surface area contributed by atoms with E-state index in [1.54, 1.807) is 24.3 Å². The Morgan fingerprint density at radius 2 is 1.93 bits per heavy atom. The zero-order valence-corrected chi connectivity index (χ0v) is 17.8. The summed E-state index contributed by atoms with van der Waals surface area (Å²) in [4.78, 5) is 28.1. The molecule has 1 saturated heterocycles. The predicted octanol–water partition coefficient (Wildman–Crippen LogP) is 5.00. The molecule has 2 aromatic rings. The van der Waals surface area contributed by atoms with Gasteiger partial charge in [-0.3, -0.25) is 15.0 Å². The molecule has 8 heteroatoms. The molecule has 3 amide bonds. The van der Waals surface area contributed by atoms with E-state index in [9.17, 15) is 9.59 Å². The molecule has 1 aromatic heterocycles. The van der Waals surface area contributed by atoms with Gasteiger partial charge in [-0.15, -0.1) is 11.3 Å². The van der Waals surface area contributed by atoms with E-state index in [4.69, 9.17) is 17.3 Å². The molecule has 6 nitrogen and oxygen atoms in total. The topological polar surface area (TPSA) is 87.5 Å². The molecule has 2 unspecified atom stereocenters. The number of carbonyl (C=O) groups is 2. The van der Waals surface area contributed by atoms with Crippen molar-refractivity contribution in [2.24, 2.45) is 5.73 Å². The third-order valence-electron chi connectivity index (χ3n) is 5.25. The summed E-state index contributed by atoms with van der Waals surface area (Å²) in [5.41, 5.74) is 7.49. The zero-order chi connectivity index (χ0) is 20.4. The number of nitrogens with zero attached hydrogens (tertiary/aromatic N) is 1. The van der Waals surface area contributed by atoms with Crippen LogP contribution in [0.3, 0.4) is 0 Å². The lowest BCUT2D eigenvalue weighted by molar-refractivity contribution is 0.100. The van der Waals surface area contributed by atoms with Crippen LogP contribution >= 0.6 is 22.9 Å². The van der Waals surface area contributed by atoms with E-state index in [2.05, 4.69) is 29.4 Å².